The van der Waals surface area contributed by atoms with Crippen LogP contribution in [0, 0.1) is 18.8 Å². The van der Waals surface area contributed by atoms with E-state index >= 15 is 0 Å². The number of aliphatic hydroxyl groups is 2. The fourth-order valence-corrected chi connectivity index (χ4v) is 4.02. The summed E-state index contributed by atoms with van der Waals surface area (Å²) in [6.07, 6.45) is -1.23. The molecule has 13 nitrogen and oxygen atoms in total. The number of hydrogen-bond donors (Lipinski definition) is 4. The molecule has 2 aromatic rings. The number of nitrogens with one attached hydrogen (secondary N) is 2. The number of amides is 1. The molecular formula is C18H28N6O7S. The molecule has 3 heterocycles. The number of nitrogens with zero attached hydrogens (tertiary/aromatic N) is 4. The lowest BCUT2D eigenvalue weighted by Crippen LogP contribution is -2.43. The lowest BCUT2D eigenvalue weighted by molar-refractivity contribution is -0.124. The minimum atomic E-state index is -4.42. The molecule has 0 aromatic carbocycles. The average Bonchev–Trinajstić information content (AvgIpc) is 3.29. The number of fused-ring (bicyclic) bond motifs is 1. The average molecular weight is 473 g/mol. The van der Waals surface area contributed by atoms with Crippen molar-refractivity contribution < 1.29 is 32.4 Å². The van der Waals surface area contributed by atoms with Gasteiger partial charge in [-0.15, -0.1) is 0 Å². The maximum atomic E-state index is 12.1. The van der Waals surface area contributed by atoms with Gasteiger partial charge in [-0.25, -0.2) is 19.7 Å². The van der Waals surface area contributed by atoms with Crippen molar-refractivity contribution >= 4 is 27.4 Å². The molecule has 0 radical (unpaired) electrons. The smallest absolute Gasteiger partial charge is 0.378 e. The van der Waals surface area contributed by atoms with E-state index in [1.807, 2.05) is 18.6 Å². The van der Waals surface area contributed by atoms with E-state index in [0.29, 0.717) is 23.3 Å². The molecule has 1 aliphatic rings. The fraction of sp³-hybridized carbons (Fsp3) is 0.667. The molecule has 0 aliphatic carbocycles. The van der Waals surface area contributed by atoms with Crippen LogP contribution in [0.3, 0.4) is 0 Å². The summed E-state index contributed by atoms with van der Waals surface area (Å²) >= 11 is 0. The zero-order chi connectivity index (χ0) is 23.6. The van der Waals surface area contributed by atoms with Crippen molar-refractivity contribution in [3.63, 3.8) is 0 Å². The third-order valence-corrected chi connectivity index (χ3v) is 6.53. The molecule has 0 unspecified atom stereocenters. The van der Waals surface area contributed by atoms with Crippen LogP contribution in [0.5, 0.6) is 0 Å². The van der Waals surface area contributed by atoms with Gasteiger partial charge >= 0.3 is 10.3 Å². The molecule has 1 aliphatic heterocycles. The first-order valence-corrected chi connectivity index (χ1v) is 11.6. The Morgan fingerprint density at radius 2 is 2.00 bits per heavy atom. The van der Waals surface area contributed by atoms with Crippen LogP contribution in [-0.4, -0.2) is 68.9 Å². The van der Waals surface area contributed by atoms with Crippen molar-refractivity contribution in [1.29, 1.82) is 0 Å². The summed E-state index contributed by atoms with van der Waals surface area (Å²) in [6.45, 7) is 6.84. The van der Waals surface area contributed by atoms with Gasteiger partial charge in [0, 0.05) is 5.92 Å². The zero-order valence-electron chi connectivity index (χ0n) is 18.2. The quantitative estimate of drug-likeness (QED) is 0.340. The van der Waals surface area contributed by atoms with Gasteiger partial charge in [-0.05, 0) is 12.8 Å². The number of aryl methyl sites for hydroxylation is 1. The molecule has 6 atom stereocenters. The van der Waals surface area contributed by atoms with Gasteiger partial charge < -0.3 is 14.9 Å². The number of hydroxylamine groups is 1. The van der Waals surface area contributed by atoms with Gasteiger partial charge in [0.15, 0.2) is 11.9 Å². The number of aromatic nitrogens is 4. The Kier molecular flexibility index (Phi) is 7.42. The van der Waals surface area contributed by atoms with Crippen molar-refractivity contribution in [3.05, 3.63) is 18.3 Å². The second kappa shape index (κ2) is 9.72. The summed E-state index contributed by atoms with van der Waals surface area (Å²) in [5.41, 5.74) is 3.75. The van der Waals surface area contributed by atoms with Gasteiger partial charge in [0.2, 0.25) is 5.91 Å². The molecule has 0 saturated carbocycles. The highest BCUT2D eigenvalue weighted by Crippen LogP contribution is 2.31. The highest BCUT2D eigenvalue weighted by Gasteiger charge is 2.44. The SMILES string of the molecule is CC[C@H](C)[C@H](C)C(=O)NS(=O)(=O)ONC[C@H]1O[C@@H](n2cnc3c(C)ncnc32)[C@H](O)[C@H]1O. The van der Waals surface area contributed by atoms with Crippen molar-refractivity contribution in [3.8, 4) is 0 Å². The molecule has 178 valence electrons. The molecule has 2 aromatic heterocycles. The predicted octanol–water partition coefficient (Wildman–Crippen LogP) is -0.682. The van der Waals surface area contributed by atoms with Crippen LogP contribution >= 0.6 is 0 Å². The molecule has 1 fully saturated rings. The van der Waals surface area contributed by atoms with E-state index < -0.39 is 46.7 Å². The van der Waals surface area contributed by atoms with E-state index in [0.717, 1.165) is 0 Å². The Balaban J connectivity index is 1.59. The number of carbonyl (C=O) groups excluding carboxylic acids is 1. The number of imidazole rings is 1. The largest absolute Gasteiger partial charge is 0.387 e. The molecule has 14 heteroatoms. The summed E-state index contributed by atoms with van der Waals surface area (Å²) in [4.78, 5) is 24.5. The van der Waals surface area contributed by atoms with Crippen LogP contribution in [0.1, 0.15) is 39.1 Å². The van der Waals surface area contributed by atoms with Crippen molar-refractivity contribution in [1.82, 2.24) is 29.7 Å². The standard InChI is InChI=1S/C18H28N6O7S/c1-5-9(2)10(3)17(27)23-32(28,29)31-22-6-12-14(25)15(26)18(30-12)24-8-21-13-11(4)19-7-20-16(13)24/h7-10,12,14-15,18,22,25-26H,5-6H2,1-4H3,(H,23,27)/t9-,10-,12+,14-,15+,18+/m0/s1. The van der Waals surface area contributed by atoms with E-state index in [4.69, 9.17) is 4.74 Å². The van der Waals surface area contributed by atoms with Crippen LogP contribution in [0.15, 0.2) is 12.7 Å². The summed E-state index contributed by atoms with van der Waals surface area (Å²) < 4.78 is 37.6. The highest BCUT2D eigenvalue weighted by atomic mass is 32.2. The van der Waals surface area contributed by atoms with E-state index in [9.17, 15) is 23.4 Å². The second-order valence-electron chi connectivity index (χ2n) is 7.86. The van der Waals surface area contributed by atoms with E-state index in [1.165, 1.54) is 17.2 Å². The van der Waals surface area contributed by atoms with Crippen LogP contribution < -0.4 is 10.2 Å². The first-order valence-electron chi connectivity index (χ1n) is 10.2. The number of aliphatic hydroxyl groups excluding tert-OH is 2. The molecule has 0 bridgehead atoms. The Bertz CT molecular complexity index is 1060. The third kappa shape index (κ3) is 5.05. The summed E-state index contributed by atoms with van der Waals surface area (Å²) in [5, 5.41) is 20.8. The monoisotopic (exact) mass is 472 g/mol. The van der Waals surface area contributed by atoms with Crippen molar-refractivity contribution in [2.45, 2.75) is 58.7 Å². The summed E-state index contributed by atoms with van der Waals surface area (Å²) in [7, 11) is -4.42. The molecule has 0 spiro atoms. The molecule has 4 N–H and O–H groups in total. The fourth-order valence-electron chi connectivity index (χ4n) is 3.33. The second-order valence-corrected chi connectivity index (χ2v) is 9.13. The topological polar surface area (TPSA) is 178 Å². The Morgan fingerprint density at radius 3 is 2.69 bits per heavy atom. The van der Waals surface area contributed by atoms with Crippen molar-refractivity contribution in [2.24, 2.45) is 11.8 Å². The third-order valence-electron chi connectivity index (χ3n) is 5.74. The lowest BCUT2D eigenvalue weighted by Gasteiger charge is -2.18. The van der Waals surface area contributed by atoms with Gasteiger partial charge in [-0.2, -0.15) is 18.2 Å². The predicted molar refractivity (Wildman–Crippen MR) is 111 cm³/mol. The van der Waals surface area contributed by atoms with Crippen LogP contribution in [0.2, 0.25) is 0 Å². The number of ether oxygens (including phenoxy) is 1. The van der Waals surface area contributed by atoms with Gasteiger partial charge in [0.25, 0.3) is 0 Å². The summed E-state index contributed by atoms with van der Waals surface area (Å²) in [5.74, 6) is -1.21. The minimum absolute atomic E-state index is 0.00747. The number of carbonyl (C=O) groups is 1. The number of hydrogen-bond acceptors (Lipinski definition) is 11. The van der Waals surface area contributed by atoms with Crippen molar-refractivity contribution in [2.75, 3.05) is 6.54 Å². The molecular weight excluding hydrogens is 444 g/mol. The Morgan fingerprint density at radius 1 is 1.28 bits per heavy atom. The lowest BCUT2D eigenvalue weighted by atomic mass is 9.93. The van der Waals surface area contributed by atoms with Crippen LogP contribution in [-0.2, 0) is 24.1 Å². The molecule has 3 rings (SSSR count). The first-order chi connectivity index (χ1) is 15.1. The van der Waals surface area contributed by atoms with E-state index in [-0.39, 0.29) is 12.5 Å². The van der Waals surface area contributed by atoms with E-state index in [2.05, 4.69) is 24.7 Å². The molecule has 1 amide bonds. The maximum Gasteiger partial charge on any atom is 0.378 e. The van der Waals surface area contributed by atoms with Gasteiger partial charge in [-0.3, -0.25) is 9.36 Å². The van der Waals surface area contributed by atoms with E-state index in [1.54, 1.807) is 13.8 Å². The number of rotatable bonds is 9. The van der Waals surface area contributed by atoms with Crippen LogP contribution in [0.25, 0.3) is 11.2 Å². The summed E-state index contributed by atoms with van der Waals surface area (Å²) in [6, 6.07) is 0. The molecule has 32 heavy (non-hydrogen) atoms. The maximum absolute atomic E-state index is 12.1. The minimum Gasteiger partial charge on any atom is -0.387 e. The van der Waals surface area contributed by atoms with Crippen LogP contribution in [0.4, 0.5) is 0 Å². The van der Waals surface area contributed by atoms with Gasteiger partial charge in [0.05, 0.1) is 18.6 Å². The Labute approximate surface area is 185 Å². The first kappa shape index (κ1) is 24.4. The highest BCUT2D eigenvalue weighted by molar-refractivity contribution is 7.85. The van der Waals surface area contributed by atoms with Gasteiger partial charge in [-0.1, -0.05) is 27.2 Å². The zero-order valence-corrected chi connectivity index (χ0v) is 19.0. The molecule has 1 saturated heterocycles. The Hall–Kier alpha value is -2.23. The normalized spacial score (nSPS) is 25.7. The van der Waals surface area contributed by atoms with Gasteiger partial charge in [0.1, 0.15) is 30.2 Å².